The van der Waals surface area contributed by atoms with E-state index in [1.165, 1.54) is 0 Å². The minimum absolute atomic E-state index is 0.0570. The lowest BCUT2D eigenvalue weighted by atomic mass is 9.96. The van der Waals surface area contributed by atoms with Crippen LogP contribution in [0.1, 0.15) is 43.5 Å². The third kappa shape index (κ3) is 3.67. The van der Waals surface area contributed by atoms with Gasteiger partial charge in [-0.3, -0.25) is 10.2 Å². The summed E-state index contributed by atoms with van der Waals surface area (Å²) in [6, 6.07) is 10.7. The third-order valence-corrected chi connectivity index (χ3v) is 4.09. The van der Waals surface area contributed by atoms with Crippen LogP contribution in [0.25, 0.3) is 0 Å². The second-order valence-electron chi connectivity index (χ2n) is 5.68. The number of nitrogens with one attached hydrogen (secondary N) is 1. The van der Waals surface area contributed by atoms with Crippen LogP contribution in [0, 0.1) is 22.7 Å². The average molecular weight is 309 g/mol. The van der Waals surface area contributed by atoms with E-state index >= 15 is 0 Å². The van der Waals surface area contributed by atoms with E-state index in [1.54, 1.807) is 36.4 Å². The SMILES string of the molecule is CC1CCCC(C)N1C(=O)c1ccccc1NN=C(C#N)C#N. The summed E-state index contributed by atoms with van der Waals surface area (Å²) in [7, 11) is 0. The molecule has 1 aliphatic heterocycles. The molecule has 2 atom stereocenters. The molecule has 0 bridgehead atoms. The van der Waals surface area contributed by atoms with Crippen LogP contribution < -0.4 is 5.43 Å². The van der Waals surface area contributed by atoms with Gasteiger partial charge < -0.3 is 4.90 Å². The third-order valence-electron chi connectivity index (χ3n) is 4.09. The summed E-state index contributed by atoms with van der Waals surface area (Å²) >= 11 is 0. The monoisotopic (exact) mass is 309 g/mol. The Morgan fingerprint density at radius 2 is 1.83 bits per heavy atom. The molecule has 1 aromatic carbocycles. The predicted molar refractivity (Wildman–Crippen MR) is 87.7 cm³/mol. The summed E-state index contributed by atoms with van der Waals surface area (Å²) < 4.78 is 0. The molecule has 1 aromatic rings. The Kier molecular flexibility index (Phi) is 5.32. The quantitative estimate of drug-likeness (QED) is 0.686. The zero-order chi connectivity index (χ0) is 16.8. The molecule has 0 saturated carbocycles. The van der Waals surface area contributed by atoms with Gasteiger partial charge >= 0.3 is 0 Å². The second-order valence-corrected chi connectivity index (χ2v) is 5.68. The van der Waals surface area contributed by atoms with Crippen molar-refractivity contribution in [1.29, 1.82) is 10.5 Å². The van der Waals surface area contributed by atoms with Gasteiger partial charge in [0.25, 0.3) is 5.91 Å². The van der Waals surface area contributed by atoms with Crippen LogP contribution in [0.2, 0.25) is 0 Å². The average Bonchev–Trinajstić information content (AvgIpc) is 2.56. The number of carbonyl (C=O) groups is 1. The Labute approximate surface area is 136 Å². The zero-order valence-electron chi connectivity index (χ0n) is 13.3. The van der Waals surface area contributed by atoms with E-state index in [0.29, 0.717) is 11.3 Å². The molecule has 118 valence electrons. The highest BCUT2D eigenvalue weighted by Crippen LogP contribution is 2.27. The first-order valence-corrected chi connectivity index (χ1v) is 7.64. The van der Waals surface area contributed by atoms with Gasteiger partial charge in [0.15, 0.2) is 0 Å². The number of likely N-dealkylation sites (tertiary alicyclic amines) is 1. The molecule has 2 rings (SSSR count). The van der Waals surface area contributed by atoms with Crippen molar-refractivity contribution in [2.24, 2.45) is 5.10 Å². The number of benzene rings is 1. The molecule has 0 spiro atoms. The Morgan fingerprint density at radius 1 is 1.22 bits per heavy atom. The van der Waals surface area contributed by atoms with E-state index in [1.807, 2.05) is 4.90 Å². The first kappa shape index (κ1) is 16.5. The van der Waals surface area contributed by atoms with Gasteiger partial charge in [-0.2, -0.15) is 15.6 Å². The summed E-state index contributed by atoms with van der Waals surface area (Å²) in [6.07, 6.45) is 3.12. The van der Waals surface area contributed by atoms with E-state index in [2.05, 4.69) is 24.4 Å². The van der Waals surface area contributed by atoms with Crippen LogP contribution in [0.5, 0.6) is 0 Å². The van der Waals surface area contributed by atoms with Gasteiger partial charge in [-0.25, -0.2) is 0 Å². The second kappa shape index (κ2) is 7.42. The fraction of sp³-hybridized carbons (Fsp3) is 0.412. The topological polar surface area (TPSA) is 92.3 Å². The van der Waals surface area contributed by atoms with Gasteiger partial charge in [-0.05, 0) is 45.2 Å². The van der Waals surface area contributed by atoms with Crippen LogP contribution in [-0.2, 0) is 0 Å². The Bertz CT molecular complexity index is 672. The fourth-order valence-corrected chi connectivity index (χ4v) is 2.92. The molecular weight excluding hydrogens is 290 g/mol. The van der Waals surface area contributed by atoms with Crippen LogP contribution in [0.15, 0.2) is 29.4 Å². The number of hydrazone groups is 1. The van der Waals surface area contributed by atoms with Crippen molar-refractivity contribution in [3.05, 3.63) is 29.8 Å². The minimum atomic E-state index is -0.285. The van der Waals surface area contributed by atoms with Gasteiger partial charge in [-0.15, -0.1) is 0 Å². The lowest BCUT2D eigenvalue weighted by Crippen LogP contribution is -2.47. The number of rotatable bonds is 3. The highest BCUT2D eigenvalue weighted by atomic mass is 16.2. The van der Waals surface area contributed by atoms with Gasteiger partial charge in [0.1, 0.15) is 12.1 Å². The number of hydrogen-bond acceptors (Lipinski definition) is 5. The molecule has 0 radical (unpaired) electrons. The number of hydrogen-bond donors (Lipinski definition) is 1. The van der Waals surface area contributed by atoms with Crippen molar-refractivity contribution >= 4 is 17.3 Å². The maximum Gasteiger partial charge on any atom is 0.256 e. The maximum atomic E-state index is 12.9. The van der Waals surface area contributed by atoms with Gasteiger partial charge in [0, 0.05) is 12.1 Å². The van der Waals surface area contributed by atoms with Crippen LogP contribution in [0.4, 0.5) is 5.69 Å². The molecule has 1 fully saturated rings. The number of para-hydroxylation sites is 1. The highest BCUT2D eigenvalue weighted by molar-refractivity contribution is 6.10. The summed E-state index contributed by atoms with van der Waals surface area (Å²) in [5, 5.41) is 21.2. The molecule has 6 nitrogen and oxygen atoms in total. The van der Waals surface area contributed by atoms with Crippen LogP contribution in [0.3, 0.4) is 0 Å². The minimum Gasteiger partial charge on any atom is -0.333 e. The van der Waals surface area contributed by atoms with E-state index in [9.17, 15) is 4.79 Å². The Morgan fingerprint density at radius 3 is 2.43 bits per heavy atom. The van der Waals surface area contributed by atoms with Gasteiger partial charge in [0.05, 0.1) is 11.3 Å². The fourth-order valence-electron chi connectivity index (χ4n) is 2.92. The number of piperidine rings is 1. The summed E-state index contributed by atoms with van der Waals surface area (Å²) in [6.45, 7) is 4.12. The molecular formula is C17H19N5O. The molecule has 23 heavy (non-hydrogen) atoms. The van der Waals surface area contributed by atoms with Crippen molar-refractivity contribution in [3.8, 4) is 12.1 Å². The Hall–Kier alpha value is -2.86. The summed E-state index contributed by atoms with van der Waals surface area (Å²) in [5.41, 5.74) is 3.36. The maximum absolute atomic E-state index is 12.9. The molecule has 0 aliphatic carbocycles. The predicted octanol–water partition coefficient (Wildman–Crippen LogP) is 2.90. The lowest BCUT2D eigenvalue weighted by molar-refractivity contribution is 0.0512. The molecule has 1 heterocycles. The first-order chi connectivity index (χ1) is 11.1. The standard InChI is InChI=1S/C17H19N5O/c1-12-6-5-7-13(2)22(12)17(23)15-8-3-4-9-16(15)21-20-14(10-18)11-19/h3-4,8-9,12-13,21H,5-7H2,1-2H3. The number of nitrogens with zero attached hydrogens (tertiary/aromatic N) is 4. The number of nitriles is 2. The zero-order valence-corrected chi connectivity index (χ0v) is 13.3. The molecule has 6 heteroatoms. The van der Waals surface area contributed by atoms with E-state index < -0.39 is 0 Å². The van der Waals surface area contributed by atoms with Crippen molar-refractivity contribution in [2.45, 2.75) is 45.2 Å². The van der Waals surface area contributed by atoms with E-state index in [-0.39, 0.29) is 23.7 Å². The van der Waals surface area contributed by atoms with Crippen molar-refractivity contribution in [3.63, 3.8) is 0 Å². The number of amides is 1. The normalized spacial score (nSPS) is 20.1. The Balaban J connectivity index is 2.30. The molecule has 0 aromatic heterocycles. The van der Waals surface area contributed by atoms with Gasteiger partial charge in [0.2, 0.25) is 5.71 Å². The first-order valence-electron chi connectivity index (χ1n) is 7.64. The molecule has 2 unspecified atom stereocenters. The molecule has 1 saturated heterocycles. The van der Waals surface area contributed by atoms with E-state index in [4.69, 9.17) is 10.5 Å². The van der Waals surface area contributed by atoms with Crippen LogP contribution >= 0.6 is 0 Å². The largest absolute Gasteiger partial charge is 0.333 e. The summed E-state index contributed by atoms with van der Waals surface area (Å²) in [4.78, 5) is 14.8. The van der Waals surface area contributed by atoms with Crippen LogP contribution in [-0.4, -0.2) is 28.6 Å². The van der Waals surface area contributed by atoms with E-state index in [0.717, 1.165) is 19.3 Å². The van der Waals surface area contributed by atoms with Crippen molar-refractivity contribution in [2.75, 3.05) is 5.43 Å². The molecule has 1 N–H and O–H groups in total. The molecule has 1 amide bonds. The molecule has 1 aliphatic rings. The smallest absolute Gasteiger partial charge is 0.256 e. The van der Waals surface area contributed by atoms with Crippen molar-refractivity contribution in [1.82, 2.24) is 4.90 Å². The lowest BCUT2D eigenvalue weighted by Gasteiger charge is -2.39. The van der Waals surface area contributed by atoms with Crippen molar-refractivity contribution < 1.29 is 4.79 Å². The number of anilines is 1. The summed E-state index contributed by atoms with van der Waals surface area (Å²) in [5.74, 6) is -0.0570. The number of carbonyl (C=O) groups excluding carboxylic acids is 1. The highest BCUT2D eigenvalue weighted by Gasteiger charge is 2.30. The van der Waals surface area contributed by atoms with Gasteiger partial charge in [-0.1, -0.05) is 12.1 Å².